The van der Waals surface area contributed by atoms with Crippen molar-refractivity contribution in [3.05, 3.63) is 108 Å². The molecule has 0 radical (unpaired) electrons. The maximum Gasteiger partial charge on any atom is 0.0547 e. The molecular weight excluding hydrogens is 396 g/mol. The highest BCUT2D eigenvalue weighted by Crippen LogP contribution is 2.35. The number of nitrogens with zero attached hydrogens (tertiary/aromatic N) is 2. The standard InChI is InChI=1S/C28H34N2S/c1-4-11-25(12-5-1)13-10-18-29-19-21-30(22-20-29)23-24-31-28(26-14-6-2-7-15-26)27-16-8-3-9-17-27/h1-9,11-12,14-17,28H,10,13,18-24H2. The van der Waals surface area contributed by atoms with Gasteiger partial charge in [-0.2, -0.15) is 0 Å². The van der Waals surface area contributed by atoms with Crippen LogP contribution in [0.3, 0.4) is 0 Å². The summed E-state index contributed by atoms with van der Waals surface area (Å²) < 4.78 is 0. The van der Waals surface area contributed by atoms with Crippen LogP contribution in [0.15, 0.2) is 91.0 Å². The SMILES string of the molecule is c1ccc(CCCN2CCN(CCSC(c3ccccc3)c3ccccc3)CC2)cc1. The molecule has 0 aliphatic carbocycles. The number of piperazine rings is 1. The summed E-state index contributed by atoms with van der Waals surface area (Å²) in [6.45, 7) is 7.22. The predicted octanol–water partition coefficient (Wildman–Crippen LogP) is 5.76. The third kappa shape index (κ3) is 6.96. The monoisotopic (exact) mass is 430 g/mol. The number of thioether (sulfide) groups is 1. The lowest BCUT2D eigenvalue weighted by molar-refractivity contribution is 0.137. The molecule has 0 saturated carbocycles. The van der Waals surface area contributed by atoms with E-state index in [1.165, 1.54) is 74.6 Å². The van der Waals surface area contributed by atoms with Gasteiger partial charge in [0.15, 0.2) is 0 Å². The molecule has 2 nitrogen and oxygen atoms in total. The Bertz CT molecular complexity index is 822. The van der Waals surface area contributed by atoms with Gasteiger partial charge in [-0.05, 0) is 36.1 Å². The molecule has 0 aromatic heterocycles. The molecule has 0 unspecified atom stereocenters. The predicted molar refractivity (Wildman–Crippen MR) is 135 cm³/mol. The quantitative estimate of drug-likeness (QED) is 0.404. The summed E-state index contributed by atoms with van der Waals surface area (Å²) in [6, 6.07) is 32.8. The third-order valence-electron chi connectivity index (χ3n) is 6.14. The first kappa shape index (κ1) is 22.1. The Morgan fingerprint density at radius 3 is 1.65 bits per heavy atom. The largest absolute Gasteiger partial charge is 0.301 e. The molecule has 1 saturated heterocycles. The zero-order chi connectivity index (χ0) is 21.1. The molecule has 0 spiro atoms. The van der Waals surface area contributed by atoms with Crippen molar-refractivity contribution in [2.24, 2.45) is 0 Å². The van der Waals surface area contributed by atoms with E-state index in [0.717, 1.165) is 0 Å². The minimum atomic E-state index is 0.418. The minimum Gasteiger partial charge on any atom is -0.301 e. The molecule has 0 amide bonds. The van der Waals surface area contributed by atoms with E-state index in [0.29, 0.717) is 5.25 Å². The van der Waals surface area contributed by atoms with E-state index in [9.17, 15) is 0 Å². The molecule has 0 atom stereocenters. The van der Waals surface area contributed by atoms with E-state index >= 15 is 0 Å². The number of rotatable bonds is 10. The van der Waals surface area contributed by atoms with Crippen LogP contribution in [0.5, 0.6) is 0 Å². The van der Waals surface area contributed by atoms with E-state index in [1.807, 2.05) is 0 Å². The lowest BCUT2D eigenvalue weighted by Gasteiger charge is -2.35. The van der Waals surface area contributed by atoms with Crippen molar-refractivity contribution in [2.75, 3.05) is 45.0 Å². The van der Waals surface area contributed by atoms with Crippen LogP contribution in [-0.2, 0) is 6.42 Å². The number of hydrogen-bond acceptors (Lipinski definition) is 3. The molecule has 0 N–H and O–H groups in total. The minimum absolute atomic E-state index is 0.418. The van der Waals surface area contributed by atoms with Gasteiger partial charge in [-0.3, -0.25) is 4.90 Å². The second kappa shape index (κ2) is 12.1. The zero-order valence-electron chi connectivity index (χ0n) is 18.4. The second-order valence-corrected chi connectivity index (χ2v) is 9.56. The fraction of sp³-hybridized carbons (Fsp3) is 0.357. The van der Waals surface area contributed by atoms with Crippen LogP contribution in [0.4, 0.5) is 0 Å². The Labute approximate surface area is 192 Å². The highest BCUT2D eigenvalue weighted by atomic mass is 32.2. The van der Waals surface area contributed by atoms with Crippen LogP contribution < -0.4 is 0 Å². The second-order valence-electron chi connectivity index (χ2n) is 8.34. The van der Waals surface area contributed by atoms with Gasteiger partial charge in [-0.25, -0.2) is 0 Å². The summed E-state index contributed by atoms with van der Waals surface area (Å²) in [5.74, 6) is 1.17. The molecule has 162 valence electrons. The molecule has 1 heterocycles. The lowest BCUT2D eigenvalue weighted by Crippen LogP contribution is -2.47. The Kier molecular flexibility index (Phi) is 8.63. The van der Waals surface area contributed by atoms with Crippen LogP contribution >= 0.6 is 11.8 Å². The normalized spacial score (nSPS) is 15.4. The average Bonchev–Trinajstić information content (AvgIpc) is 2.85. The van der Waals surface area contributed by atoms with Gasteiger partial charge in [0, 0.05) is 38.5 Å². The first-order valence-corrected chi connectivity index (χ1v) is 12.6. The van der Waals surface area contributed by atoms with Gasteiger partial charge in [-0.15, -0.1) is 11.8 Å². The summed E-state index contributed by atoms with van der Waals surface area (Å²) in [7, 11) is 0. The zero-order valence-corrected chi connectivity index (χ0v) is 19.2. The molecule has 3 aromatic carbocycles. The third-order valence-corrected chi connectivity index (χ3v) is 7.44. The lowest BCUT2D eigenvalue weighted by atomic mass is 10.0. The van der Waals surface area contributed by atoms with Crippen molar-refractivity contribution in [2.45, 2.75) is 18.1 Å². The Morgan fingerprint density at radius 2 is 1.10 bits per heavy atom. The molecule has 0 bridgehead atoms. The Hall–Kier alpha value is -2.07. The molecule has 3 aromatic rings. The maximum absolute atomic E-state index is 2.65. The summed E-state index contributed by atoms with van der Waals surface area (Å²) in [5, 5.41) is 0.418. The van der Waals surface area contributed by atoms with E-state index < -0.39 is 0 Å². The van der Waals surface area contributed by atoms with Crippen molar-refractivity contribution in [1.82, 2.24) is 9.80 Å². The molecule has 3 heteroatoms. The molecular formula is C28H34N2S. The molecule has 1 aliphatic heterocycles. The van der Waals surface area contributed by atoms with E-state index in [2.05, 4.69) is 113 Å². The van der Waals surface area contributed by atoms with Gasteiger partial charge < -0.3 is 4.90 Å². The van der Waals surface area contributed by atoms with Gasteiger partial charge in [-0.1, -0.05) is 91.0 Å². The summed E-state index contributed by atoms with van der Waals surface area (Å²) in [6.07, 6.45) is 2.45. The van der Waals surface area contributed by atoms with Crippen LogP contribution in [0.2, 0.25) is 0 Å². The van der Waals surface area contributed by atoms with Gasteiger partial charge in [0.25, 0.3) is 0 Å². The van der Waals surface area contributed by atoms with Crippen molar-refractivity contribution < 1.29 is 0 Å². The van der Waals surface area contributed by atoms with Crippen molar-refractivity contribution in [3.63, 3.8) is 0 Å². The topological polar surface area (TPSA) is 6.48 Å². The van der Waals surface area contributed by atoms with Crippen molar-refractivity contribution >= 4 is 11.8 Å². The van der Waals surface area contributed by atoms with Gasteiger partial charge in [0.2, 0.25) is 0 Å². The first-order chi connectivity index (χ1) is 15.4. The average molecular weight is 431 g/mol. The van der Waals surface area contributed by atoms with E-state index in [-0.39, 0.29) is 0 Å². The van der Waals surface area contributed by atoms with E-state index in [4.69, 9.17) is 0 Å². The van der Waals surface area contributed by atoms with Crippen LogP contribution in [-0.4, -0.2) is 54.8 Å². The molecule has 31 heavy (non-hydrogen) atoms. The van der Waals surface area contributed by atoms with Crippen LogP contribution in [0.25, 0.3) is 0 Å². The van der Waals surface area contributed by atoms with Gasteiger partial charge in [0.1, 0.15) is 0 Å². The number of benzene rings is 3. The Balaban J connectivity index is 1.19. The number of aryl methyl sites for hydroxylation is 1. The maximum atomic E-state index is 2.65. The first-order valence-electron chi connectivity index (χ1n) is 11.6. The molecule has 1 fully saturated rings. The van der Waals surface area contributed by atoms with Gasteiger partial charge >= 0.3 is 0 Å². The highest BCUT2D eigenvalue weighted by molar-refractivity contribution is 7.99. The van der Waals surface area contributed by atoms with Crippen molar-refractivity contribution in [3.8, 4) is 0 Å². The summed E-state index contributed by atoms with van der Waals surface area (Å²) in [5.41, 5.74) is 4.27. The highest BCUT2D eigenvalue weighted by Gasteiger charge is 2.18. The van der Waals surface area contributed by atoms with E-state index in [1.54, 1.807) is 0 Å². The molecule has 1 aliphatic rings. The summed E-state index contributed by atoms with van der Waals surface area (Å²) in [4.78, 5) is 5.29. The smallest absolute Gasteiger partial charge is 0.0547 e. The van der Waals surface area contributed by atoms with Gasteiger partial charge in [0.05, 0.1) is 5.25 Å². The fourth-order valence-corrected chi connectivity index (χ4v) is 5.63. The molecule has 4 rings (SSSR count). The fourth-order valence-electron chi connectivity index (χ4n) is 4.33. The number of hydrogen-bond donors (Lipinski definition) is 0. The van der Waals surface area contributed by atoms with Crippen LogP contribution in [0.1, 0.15) is 28.4 Å². The Morgan fingerprint density at radius 1 is 0.613 bits per heavy atom. The summed E-state index contributed by atoms with van der Waals surface area (Å²) >= 11 is 2.08. The van der Waals surface area contributed by atoms with Crippen LogP contribution in [0, 0.1) is 0 Å². The van der Waals surface area contributed by atoms with Crippen molar-refractivity contribution in [1.29, 1.82) is 0 Å².